The van der Waals surface area contributed by atoms with Crippen molar-refractivity contribution in [3.05, 3.63) is 53.1 Å². The molecule has 0 bridgehead atoms. The summed E-state index contributed by atoms with van der Waals surface area (Å²) in [6.07, 6.45) is 8.87. The van der Waals surface area contributed by atoms with Gasteiger partial charge in [0.2, 0.25) is 5.91 Å². The standard InChI is InChI=1S/C23H26ClFN4O2/c24-19-13-17(25)1-2-20(19)27-11-9-23(22(27)31)7-3-18(4-8-23)28-14-16(6-12-30)15-29-21(28)5-10-26-29/h1-2,5,10,13-14,18,30H,3-4,6-9,11-12,15H2. The van der Waals surface area contributed by atoms with Gasteiger partial charge in [-0.15, -0.1) is 0 Å². The van der Waals surface area contributed by atoms with E-state index < -0.39 is 5.82 Å². The van der Waals surface area contributed by atoms with Gasteiger partial charge in [-0.2, -0.15) is 5.10 Å². The summed E-state index contributed by atoms with van der Waals surface area (Å²) < 4.78 is 15.4. The van der Waals surface area contributed by atoms with Crippen molar-refractivity contribution in [2.24, 2.45) is 5.41 Å². The molecule has 6 nitrogen and oxygen atoms in total. The van der Waals surface area contributed by atoms with Crippen LogP contribution in [0.1, 0.15) is 38.5 Å². The van der Waals surface area contributed by atoms with Crippen LogP contribution in [0.3, 0.4) is 0 Å². The number of halogens is 2. The first kappa shape index (κ1) is 20.5. The molecular formula is C23H26ClFN4O2. The highest BCUT2D eigenvalue weighted by Gasteiger charge is 2.49. The van der Waals surface area contributed by atoms with Gasteiger partial charge in [0.15, 0.2) is 0 Å². The number of rotatable bonds is 4. The third-order valence-corrected chi connectivity index (χ3v) is 7.39. The Hall–Kier alpha value is -2.38. The lowest BCUT2D eigenvalue weighted by Gasteiger charge is -2.41. The number of carbonyl (C=O) groups is 1. The van der Waals surface area contributed by atoms with E-state index in [9.17, 15) is 14.3 Å². The van der Waals surface area contributed by atoms with E-state index in [0.717, 1.165) is 43.5 Å². The minimum Gasteiger partial charge on any atom is -0.396 e. The van der Waals surface area contributed by atoms with E-state index in [4.69, 9.17) is 11.6 Å². The van der Waals surface area contributed by atoms with Crippen LogP contribution in [0.15, 0.2) is 42.2 Å². The number of aromatic nitrogens is 2. The van der Waals surface area contributed by atoms with Crippen LogP contribution in [0.25, 0.3) is 0 Å². The van der Waals surface area contributed by atoms with Gasteiger partial charge < -0.3 is 14.9 Å². The van der Waals surface area contributed by atoms with Crippen LogP contribution in [-0.2, 0) is 11.3 Å². The van der Waals surface area contributed by atoms with E-state index in [-0.39, 0.29) is 23.0 Å². The van der Waals surface area contributed by atoms with Crippen molar-refractivity contribution < 1.29 is 14.3 Å². The molecule has 1 aromatic carbocycles. The molecule has 2 aromatic rings. The fourth-order valence-corrected chi connectivity index (χ4v) is 5.66. The van der Waals surface area contributed by atoms with Crippen LogP contribution in [0.2, 0.25) is 5.02 Å². The number of carbonyl (C=O) groups excluding carboxylic acids is 1. The van der Waals surface area contributed by atoms with E-state index in [0.29, 0.717) is 31.2 Å². The topological polar surface area (TPSA) is 61.6 Å². The summed E-state index contributed by atoms with van der Waals surface area (Å²) in [5.74, 6) is 0.782. The van der Waals surface area contributed by atoms with Gasteiger partial charge in [0.1, 0.15) is 11.6 Å². The number of hydrogen-bond donors (Lipinski definition) is 1. The van der Waals surface area contributed by atoms with E-state index >= 15 is 0 Å². The summed E-state index contributed by atoms with van der Waals surface area (Å²) in [4.78, 5) is 17.4. The van der Waals surface area contributed by atoms with Gasteiger partial charge >= 0.3 is 0 Å². The van der Waals surface area contributed by atoms with Crippen molar-refractivity contribution in [2.75, 3.05) is 23.0 Å². The second-order valence-electron chi connectivity index (χ2n) is 8.83. The molecule has 5 rings (SSSR count). The Morgan fingerprint density at radius 3 is 2.77 bits per heavy atom. The molecule has 164 valence electrons. The smallest absolute Gasteiger partial charge is 0.233 e. The Kier molecular flexibility index (Phi) is 5.26. The minimum absolute atomic E-state index is 0.111. The Balaban J connectivity index is 1.32. The largest absolute Gasteiger partial charge is 0.396 e. The quantitative estimate of drug-likeness (QED) is 0.770. The van der Waals surface area contributed by atoms with Gasteiger partial charge in [0, 0.05) is 31.5 Å². The molecule has 1 spiro atoms. The molecule has 31 heavy (non-hydrogen) atoms. The highest BCUT2D eigenvalue weighted by molar-refractivity contribution is 6.34. The maximum absolute atomic E-state index is 13.4. The Morgan fingerprint density at radius 2 is 2.03 bits per heavy atom. The van der Waals surface area contributed by atoms with Crippen LogP contribution in [0.5, 0.6) is 0 Å². The van der Waals surface area contributed by atoms with E-state index in [1.807, 2.05) is 16.9 Å². The van der Waals surface area contributed by atoms with E-state index in [2.05, 4.69) is 16.2 Å². The van der Waals surface area contributed by atoms with Crippen LogP contribution in [0.4, 0.5) is 15.9 Å². The lowest BCUT2D eigenvalue weighted by atomic mass is 9.71. The molecular weight excluding hydrogens is 419 g/mol. The number of amides is 1. The minimum atomic E-state index is -0.398. The molecule has 1 aromatic heterocycles. The summed E-state index contributed by atoms with van der Waals surface area (Å²) in [7, 11) is 0. The normalized spacial score (nSPS) is 25.8. The van der Waals surface area contributed by atoms with Gasteiger partial charge in [-0.05, 0) is 62.3 Å². The second-order valence-corrected chi connectivity index (χ2v) is 9.24. The molecule has 0 atom stereocenters. The summed E-state index contributed by atoms with van der Waals surface area (Å²) in [6.45, 7) is 1.45. The van der Waals surface area contributed by atoms with Gasteiger partial charge in [-0.25, -0.2) is 9.07 Å². The third kappa shape index (κ3) is 3.53. The molecule has 3 aliphatic rings. The molecule has 1 N–H and O–H groups in total. The van der Waals surface area contributed by atoms with Crippen molar-refractivity contribution in [1.82, 2.24) is 9.78 Å². The maximum atomic E-state index is 13.4. The van der Waals surface area contributed by atoms with Gasteiger partial charge in [-0.1, -0.05) is 11.6 Å². The zero-order valence-corrected chi connectivity index (χ0v) is 18.1. The predicted octanol–water partition coefficient (Wildman–Crippen LogP) is 4.13. The number of aliphatic hydroxyl groups excluding tert-OH is 1. The summed E-state index contributed by atoms with van der Waals surface area (Å²) in [5, 5.41) is 14.1. The van der Waals surface area contributed by atoms with Crippen molar-refractivity contribution in [1.29, 1.82) is 0 Å². The highest BCUT2D eigenvalue weighted by Crippen LogP contribution is 2.48. The van der Waals surface area contributed by atoms with Crippen LogP contribution in [-0.4, -0.2) is 40.0 Å². The van der Waals surface area contributed by atoms with Crippen LogP contribution in [0, 0.1) is 11.2 Å². The zero-order chi connectivity index (χ0) is 21.6. The number of fused-ring (bicyclic) bond motifs is 1. The molecule has 0 radical (unpaired) electrons. The Bertz CT molecular complexity index is 1030. The monoisotopic (exact) mass is 444 g/mol. The summed E-state index contributed by atoms with van der Waals surface area (Å²) >= 11 is 6.23. The SMILES string of the molecule is O=C1N(c2ccc(F)cc2Cl)CCC12CCC(N1C=C(CCO)Cn3nccc31)CC2. The maximum Gasteiger partial charge on any atom is 0.233 e. The third-order valence-electron chi connectivity index (χ3n) is 7.09. The zero-order valence-electron chi connectivity index (χ0n) is 17.3. The number of aliphatic hydroxyl groups is 1. The van der Waals surface area contributed by atoms with Crippen molar-refractivity contribution in [3.8, 4) is 0 Å². The van der Waals surface area contributed by atoms with Gasteiger partial charge in [-0.3, -0.25) is 4.79 Å². The lowest BCUT2D eigenvalue weighted by Crippen LogP contribution is -2.44. The van der Waals surface area contributed by atoms with Crippen LogP contribution >= 0.6 is 11.6 Å². The molecule has 3 heterocycles. The number of hydrogen-bond acceptors (Lipinski definition) is 4. The molecule has 1 aliphatic carbocycles. The number of nitrogens with zero attached hydrogens (tertiary/aromatic N) is 4. The molecule has 1 amide bonds. The Morgan fingerprint density at radius 1 is 1.23 bits per heavy atom. The van der Waals surface area contributed by atoms with E-state index in [1.54, 1.807) is 11.0 Å². The summed E-state index contributed by atoms with van der Waals surface area (Å²) in [5.41, 5.74) is 1.40. The summed E-state index contributed by atoms with van der Waals surface area (Å²) in [6, 6.07) is 6.54. The molecule has 2 fully saturated rings. The molecule has 1 saturated carbocycles. The molecule has 1 saturated heterocycles. The first-order valence-corrected chi connectivity index (χ1v) is 11.3. The number of anilines is 2. The van der Waals surface area contributed by atoms with Gasteiger partial charge in [0.05, 0.1) is 28.9 Å². The van der Waals surface area contributed by atoms with Crippen molar-refractivity contribution in [3.63, 3.8) is 0 Å². The molecule has 0 unspecified atom stereocenters. The van der Waals surface area contributed by atoms with Crippen LogP contribution < -0.4 is 9.80 Å². The number of benzene rings is 1. The van der Waals surface area contributed by atoms with E-state index in [1.165, 1.54) is 12.1 Å². The van der Waals surface area contributed by atoms with Crippen molar-refractivity contribution >= 4 is 29.0 Å². The lowest BCUT2D eigenvalue weighted by molar-refractivity contribution is -0.127. The Labute approximate surface area is 185 Å². The van der Waals surface area contributed by atoms with Crippen molar-refractivity contribution in [2.45, 2.75) is 51.1 Å². The fraction of sp³-hybridized carbons (Fsp3) is 0.478. The average molecular weight is 445 g/mol. The predicted molar refractivity (Wildman–Crippen MR) is 118 cm³/mol. The highest BCUT2D eigenvalue weighted by atomic mass is 35.5. The van der Waals surface area contributed by atoms with Gasteiger partial charge in [0.25, 0.3) is 0 Å². The fourth-order valence-electron chi connectivity index (χ4n) is 5.39. The second kappa shape index (κ2) is 7.95. The first-order chi connectivity index (χ1) is 15.0. The first-order valence-electron chi connectivity index (χ1n) is 10.9. The average Bonchev–Trinajstić information content (AvgIpc) is 3.34. The molecule has 2 aliphatic heterocycles. The molecule has 8 heteroatoms.